The van der Waals surface area contributed by atoms with Crippen LogP contribution in [-0.2, 0) is 14.8 Å². The van der Waals surface area contributed by atoms with Crippen LogP contribution in [0.25, 0.3) is 0 Å². The summed E-state index contributed by atoms with van der Waals surface area (Å²) in [4.78, 5) is 10.1. The Morgan fingerprint density at radius 3 is 2.64 bits per heavy atom. The van der Waals surface area contributed by atoms with Crippen molar-refractivity contribution in [2.45, 2.75) is 19.3 Å². The number of hydrogen-bond acceptors (Lipinski definition) is 4. The first-order valence-corrected chi connectivity index (χ1v) is 5.69. The minimum atomic E-state index is -3.41. The van der Waals surface area contributed by atoms with E-state index < -0.39 is 16.0 Å². The molecule has 0 radical (unpaired) electrons. The maximum absolute atomic E-state index is 11.1. The summed E-state index contributed by atoms with van der Waals surface area (Å²) in [6.45, 7) is -0.107. The lowest BCUT2D eigenvalue weighted by Crippen LogP contribution is -2.28. The molecule has 0 spiro atoms. The van der Waals surface area contributed by atoms with Crippen LogP contribution in [0.4, 0.5) is 0 Å². The van der Waals surface area contributed by atoms with Crippen molar-refractivity contribution in [2.75, 3.05) is 12.3 Å². The van der Waals surface area contributed by atoms with E-state index in [1.807, 2.05) is 6.07 Å². The largest absolute Gasteiger partial charge is 0.481 e. The molecule has 7 heteroatoms. The molecule has 0 saturated carbocycles. The Balaban J connectivity index is 3.74. The molecule has 0 unspecified atom stereocenters. The minimum absolute atomic E-state index is 0.107. The molecule has 0 aliphatic heterocycles. The zero-order chi connectivity index (χ0) is 11.0. The van der Waals surface area contributed by atoms with E-state index in [0.29, 0.717) is 0 Å². The first-order valence-electron chi connectivity index (χ1n) is 4.04. The fourth-order valence-corrected chi connectivity index (χ4v) is 1.81. The smallest absolute Gasteiger partial charge is 0.304 e. The monoisotopic (exact) mass is 220 g/mol. The molecule has 0 atom stereocenters. The molecule has 0 bridgehead atoms. The second-order valence-electron chi connectivity index (χ2n) is 2.62. The van der Waals surface area contributed by atoms with Crippen molar-refractivity contribution in [3.8, 4) is 6.07 Å². The summed E-state index contributed by atoms with van der Waals surface area (Å²) >= 11 is 0. The lowest BCUT2D eigenvalue weighted by atomic mass is 10.4. The highest BCUT2D eigenvalue weighted by Crippen LogP contribution is 1.93. The number of nitriles is 1. The van der Waals surface area contributed by atoms with Gasteiger partial charge in [-0.05, 0) is 6.42 Å². The number of rotatable bonds is 7. The van der Waals surface area contributed by atoms with Gasteiger partial charge in [-0.15, -0.1) is 0 Å². The molecule has 0 fully saturated rings. The number of unbranched alkanes of at least 4 members (excludes halogenated alkanes) is 1. The molecule has 0 aromatic carbocycles. The highest BCUT2D eigenvalue weighted by atomic mass is 32.2. The number of carbonyl (C=O) groups is 1. The number of sulfonamides is 1. The third-order valence-electron chi connectivity index (χ3n) is 1.36. The van der Waals surface area contributed by atoms with Gasteiger partial charge in [0.2, 0.25) is 10.0 Å². The van der Waals surface area contributed by atoms with Gasteiger partial charge in [-0.25, -0.2) is 13.1 Å². The first kappa shape index (κ1) is 12.9. The van der Waals surface area contributed by atoms with E-state index in [9.17, 15) is 13.2 Å². The Bertz CT molecular complexity index is 317. The molecule has 0 saturated heterocycles. The van der Waals surface area contributed by atoms with Crippen LogP contribution in [0.1, 0.15) is 19.3 Å². The van der Waals surface area contributed by atoms with Gasteiger partial charge in [-0.1, -0.05) is 0 Å². The molecule has 0 aromatic rings. The van der Waals surface area contributed by atoms with Crippen molar-refractivity contribution in [3.05, 3.63) is 0 Å². The zero-order valence-corrected chi connectivity index (χ0v) is 8.38. The number of aliphatic carboxylic acids is 1. The van der Waals surface area contributed by atoms with E-state index in [-0.39, 0.29) is 31.6 Å². The fourth-order valence-electron chi connectivity index (χ4n) is 0.727. The van der Waals surface area contributed by atoms with Crippen LogP contribution in [0.15, 0.2) is 0 Å². The summed E-state index contributed by atoms with van der Waals surface area (Å²) in [5.41, 5.74) is 0. The second kappa shape index (κ2) is 6.34. The standard InChI is InChI=1S/C7H12N2O4S/c8-4-1-2-6-14(12,13)9-5-3-7(10)11/h9H,1-3,5-6H2,(H,10,11). The molecular weight excluding hydrogens is 208 g/mol. The van der Waals surface area contributed by atoms with Crippen molar-refractivity contribution in [2.24, 2.45) is 0 Å². The maximum Gasteiger partial charge on any atom is 0.304 e. The van der Waals surface area contributed by atoms with Crippen LogP contribution >= 0.6 is 0 Å². The number of carboxylic acid groups (broad SMARTS) is 1. The summed E-state index contributed by atoms with van der Waals surface area (Å²) in [7, 11) is -3.41. The summed E-state index contributed by atoms with van der Waals surface area (Å²) < 4.78 is 24.3. The van der Waals surface area contributed by atoms with E-state index >= 15 is 0 Å². The van der Waals surface area contributed by atoms with Crippen molar-refractivity contribution >= 4 is 16.0 Å². The quantitative estimate of drug-likeness (QED) is 0.572. The van der Waals surface area contributed by atoms with Crippen LogP contribution in [0.2, 0.25) is 0 Å². The molecule has 0 heterocycles. The van der Waals surface area contributed by atoms with E-state index in [1.165, 1.54) is 0 Å². The topological polar surface area (TPSA) is 107 Å². The highest BCUT2D eigenvalue weighted by molar-refractivity contribution is 7.89. The Hall–Kier alpha value is -1.13. The van der Waals surface area contributed by atoms with Crippen molar-refractivity contribution in [3.63, 3.8) is 0 Å². The van der Waals surface area contributed by atoms with Crippen molar-refractivity contribution in [1.82, 2.24) is 4.72 Å². The van der Waals surface area contributed by atoms with Gasteiger partial charge in [-0.3, -0.25) is 4.79 Å². The predicted molar refractivity (Wildman–Crippen MR) is 48.9 cm³/mol. The third kappa shape index (κ3) is 7.52. The lowest BCUT2D eigenvalue weighted by Gasteiger charge is -2.03. The predicted octanol–water partition coefficient (Wildman–Crippen LogP) is -0.316. The fraction of sp³-hybridized carbons (Fsp3) is 0.714. The Kier molecular flexibility index (Phi) is 5.83. The van der Waals surface area contributed by atoms with Gasteiger partial charge >= 0.3 is 5.97 Å². The van der Waals surface area contributed by atoms with Crippen LogP contribution in [0.3, 0.4) is 0 Å². The minimum Gasteiger partial charge on any atom is -0.481 e. The summed E-state index contributed by atoms with van der Waals surface area (Å²) in [6, 6.07) is 1.83. The Morgan fingerprint density at radius 2 is 2.14 bits per heavy atom. The molecular formula is C7H12N2O4S. The van der Waals surface area contributed by atoms with E-state index in [1.54, 1.807) is 0 Å². The van der Waals surface area contributed by atoms with E-state index in [2.05, 4.69) is 4.72 Å². The normalized spacial score (nSPS) is 10.8. The van der Waals surface area contributed by atoms with Crippen molar-refractivity contribution < 1.29 is 18.3 Å². The number of hydrogen-bond donors (Lipinski definition) is 2. The first-order chi connectivity index (χ1) is 6.48. The molecule has 0 amide bonds. The molecule has 0 aromatic heterocycles. The molecule has 6 nitrogen and oxygen atoms in total. The van der Waals surface area contributed by atoms with Crippen LogP contribution in [0, 0.1) is 11.3 Å². The molecule has 80 valence electrons. The number of nitrogens with zero attached hydrogens (tertiary/aromatic N) is 1. The van der Waals surface area contributed by atoms with Crippen LogP contribution in [-0.4, -0.2) is 31.8 Å². The molecule has 0 aliphatic carbocycles. The van der Waals surface area contributed by atoms with Gasteiger partial charge in [-0.2, -0.15) is 5.26 Å². The van der Waals surface area contributed by atoms with Crippen molar-refractivity contribution in [1.29, 1.82) is 5.26 Å². The SMILES string of the molecule is N#CCCCS(=O)(=O)NCCC(=O)O. The van der Waals surface area contributed by atoms with Gasteiger partial charge in [0.25, 0.3) is 0 Å². The molecule has 0 rings (SSSR count). The van der Waals surface area contributed by atoms with Crippen LogP contribution < -0.4 is 4.72 Å². The second-order valence-corrected chi connectivity index (χ2v) is 4.55. The van der Waals surface area contributed by atoms with Gasteiger partial charge in [0.15, 0.2) is 0 Å². The number of carboxylic acids is 1. The molecule has 0 aliphatic rings. The lowest BCUT2D eigenvalue weighted by molar-refractivity contribution is -0.136. The molecule has 14 heavy (non-hydrogen) atoms. The number of nitrogens with one attached hydrogen (secondary N) is 1. The Morgan fingerprint density at radius 1 is 1.50 bits per heavy atom. The van der Waals surface area contributed by atoms with Gasteiger partial charge in [0.05, 0.1) is 18.2 Å². The van der Waals surface area contributed by atoms with E-state index in [4.69, 9.17) is 10.4 Å². The maximum atomic E-state index is 11.1. The zero-order valence-electron chi connectivity index (χ0n) is 7.56. The third-order valence-corrected chi connectivity index (χ3v) is 2.83. The summed E-state index contributed by atoms with van der Waals surface area (Å²) in [5, 5.41) is 16.4. The van der Waals surface area contributed by atoms with Gasteiger partial charge in [0.1, 0.15) is 0 Å². The summed E-state index contributed by atoms with van der Waals surface area (Å²) in [6.07, 6.45) is 0.205. The summed E-state index contributed by atoms with van der Waals surface area (Å²) in [5.74, 6) is -1.19. The average Bonchev–Trinajstić information content (AvgIpc) is 2.03. The van der Waals surface area contributed by atoms with Gasteiger partial charge < -0.3 is 5.11 Å². The highest BCUT2D eigenvalue weighted by Gasteiger charge is 2.09. The molecule has 2 N–H and O–H groups in total. The van der Waals surface area contributed by atoms with Crippen LogP contribution in [0.5, 0.6) is 0 Å². The van der Waals surface area contributed by atoms with E-state index in [0.717, 1.165) is 0 Å². The van der Waals surface area contributed by atoms with Gasteiger partial charge in [0, 0.05) is 13.0 Å². The Labute approximate surface area is 82.6 Å². The average molecular weight is 220 g/mol.